The monoisotopic (exact) mass is 389 g/mol. The summed E-state index contributed by atoms with van der Waals surface area (Å²) in [5.41, 5.74) is 2.32. The molecule has 0 fully saturated rings. The SMILES string of the molecule is COC(=O)[C@H](Cc1ccc(-c2ccc(Cl)cc2)cc1)NC(=O)OC(C)(C)C. The Hall–Kier alpha value is -2.53. The van der Waals surface area contributed by atoms with Gasteiger partial charge in [0.1, 0.15) is 11.6 Å². The molecule has 2 rings (SSSR count). The number of halogens is 1. The van der Waals surface area contributed by atoms with Gasteiger partial charge >= 0.3 is 12.1 Å². The first-order valence-corrected chi connectivity index (χ1v) is 8.98. The van der Waals surface area contributed by atoms with Gasteiger partial charge in [0.05, 0.1) is 7.11 Å². The summed E-state index contributed by atoms with van der Waals surface area (Å²) in [7, 11) is 1.29. The second-order valence-electron chi connectivity index (χ2n) is 7.13. The molecule has 0 saturated carbocycles. The van der Waals surface area contributed by atoms with Crippen LogP contribution in [0.5, 0.6) is 0 Å². The van der Waals surface area contributed by atoms with Crippen LogP contribution in [0.2, 0.25) is 5.02 Å². The van der Waals surface area contributed by atoms with Gasteiger partial charge in [-0.2, -0.15) is 0 Å². The Kier molecular flexibility index (Phi) is 6.86. The Morgan fingerprint density at radius 2 is 1.52 bits per heavy atom. The molecule has 0 unspecified atom stereocenters. The fraction of sp³-hybridized carbons (Fsp3) is 0.333. The highest BCUT2D eigenvalue weighted by Gasteiger charge is 2.25. The number of benzene rings is 2. The van der Waals surface area contributed by atoms with E-state index in [-0.39, 0.29) is 0 Å². The predicted molar refractivity (Wildman–Crippen MR) is 106 cm³/mol. The van der Waals surface area contributed by atoms with Crippen LogP contribution in [-0.4, -0.2) is 30.8 Å². The molecule has 1 amide bonds. The molecule has 0 aromatic heterocycles. The van der Waals surface area contributed by atoms with E-state index in [4.69, 9.17) is 21.1 Å². The zero-order chi connectivity index (χ0) is 20.0. The van der Waals surface area contributed by atoms with E-state index in [0.717, 1.165) is 16.7 Å². The fourth-order valence-electron chi connectivity index (χ4n) is 2.50. The smallest absolute Gasteiger partial charge is 0.408 e. The minimum absolute atomic E-state index is 0.298. The van der Waals surface area contributed by atoms with Gasteiger partial charge in [0, 0.05) is 11.4 Å². The predicted octanol–water partition coefficient (Wildman–Crippen LogP) is 4.62. The first kappa shape index (κ1) is 20.8. The second-order valence-corrected chi connectivity index (χ2v) is 7.57. The Morgan fingerprint density at radius 3 is 2.00 bits per heavy atom. The third-order valence-electron chi connectivity index (χ3n) is 3.75. The van der Waals surface area contributed by atoms with Crippen LogP contribution in [0.25, 0.3) is 11.1 Å². The van der Waals surface area contributed by atoms with Crippen molar-refractivity contribution in [2.45, 2.75) is 38.8 Å². The number of esters is 1. The van der Waals surface area contributed by atoms with Gasteiger partial charge in [0.2, 0.25) is 0 Å². The summed E-state index contributed by atoms with van der Waals surface area (Å²) in [5.74, 6) is -0.525. The Balaban J connectivity index is 2.09. The second kappa shape index (κ2) is 8.91. The lowest BCUT2D eigenvalue weighted by molar-refractivity contribution is -0.143. The van der Waals surface area contributed by atoms with Gasteiger partial charge in [-0.25, -0.2) is 9.59 Å². The summed E-state index contributed by atoms with van der Waals surface area (Å²) in [6, 6.07) is 14.5. The lowest BCUT2D eigenvalue weighted by atomic mass is 10.0. The third-order valence-corrected chi connectivity index (χ3v) is 4.00. The molecule has 0 aliphatic rings. The number of carbonyl (C=O) groups is 2. The number of rotatable bonds is 5. The van der Waals surface area contributed by atoms with E-state index in [9.17, 15) is 9.59 Å². The number of amides is 1. The minimum Gasteiger partial charge on any atom is -0.467 e. The van der Waals surface area contributed by atoms with Crippen LogP contribution in [0.1, 0.15) is 26.3 Å². The van der Waals surface area contributed by atoms with Gasteiger partial charge in [0.15, 0.2) is 0 Å². The molecule has 1 N–H and O–H groups in total. The summed E-state index contributed by atoms with van der Waals surface area (Å²) in [6.45, 7) is 5.28. The van der Waals surface area contributed by atoms with Crippen molar-refractivity contribution in [3.63, 3.8) is 0 Å². The summed E-state index contributed by atoms with van der Waals surface area (Å²) in [6.07, 6.45) is -0.358. The Morgan fingerprint density at radius 1 is 1.00 bits per heavy atom. The lowest BCUT2D eigenvalue weighted by Gasteiger charge is -2.22. The summed E-state index contributed by atoms with van der Waals surface area (Å²) < 4.78 is 10.0. The van der Waals surface area contributed by atoms with Crippen molar-refractivity contribution in [3.8, 4) is 11.1 Å². The van der Waals surface area contributed by atoms with E-state index >= 15 is 0 Å². The van der Waals surface area contributed by atoms with E-state index in [1.54, 1.807) is 20.8 Å². The molecule has 5 nitrogen and oxygen atoms in total. The van der Waals surface area contributed by atoms with Crippen molar-refractivity contribution in [1.29, 1.82) is 0 Å². The van der Waals surface area contributed by atoms with Crippen LogP contribution in [0, 0.1) is 0 Å². The maximum absolute atomic E-state index is 12.0. The first-order chi connectivity index (χ1) is 12.7. The molecule has 1 atom stereocenters. The molecule has 0 radical (unpaired) electrons. The van der Waals surface area contributed by atoms with E-state index in [1.807, 2.05) is 48.5 Å². The van der Waals surface area contributed by atoms with Gasteiger partial charge in [-0.15, -0.1) is 0 Å². The highest BCUT2D eigenvalue weighted by Crippen LogP contribution is 2.22. The van der Waals surface area contributed by atoms with Crippen molar-refractivity contribution >= 4 is 23.7 Å². The standard InChI is InChI=1S/C21H24ClNO4/c1-21(2,3)27-20(25)23-18(19(24)26-4)13-14-5-7-15(8-6-14)16-9-11-17(22)12-10-16/h5-12,18H,13H2,1-4H3,(H,23,25)/t18-/m0/s1. The van der Waals surface area contributed by atoms with Gasteiger partial charge in [-0.3, -0.25) is 0 Å². The van der Waals surface area contributed by atoms with Crippen LogP contribution < -0.4 is 5.32 Å². The molecular weight excluding hydrogens is 366 g/mol. The molecule has 6 heteroatoms. The maximum atomic E-state index is 12.0. The van der Waals surface area contributed by atoms with Gasteiger partial charge in [-0.1, -0.05) is 48.0 Å². The molecule has 0 saturated heterocycles. The average molecular weight is 390 g/mol. The minimum atomic E-state index is -0.828. The summed E-state index contributed by atoms with van der Waals surface area (Å²) in [4.78, 5) is 24.0. The molecule has 0 heterocycles. The molecule has 0 aliphatic heterocycles. The number of methoxy groups -OCH3 is 1. The Labute approximate surface area is 164 Å². The largest absolute Gasteiger partial charge is 0.467 e. The van der Waals surface area contributed by atoms with Crippen LogP contribution in [0.15, 0.2) is 48.5 Å². The normalized spacial score (nSPS) is 12.2. The van der Waals surface area contributed by atoms with Crippen molar-refractivity contribution in [2.75, 3.05) is 7.11 Å². The average Bonchev–Trinajstić information content (AvgIpc) is 2.60. The molecule has 144 valence electrons. The van der Waals surface area contributed by atoms with E-state index in [1.165, 1.54) is 7.11 Å². The highest BCUT2D eigenvalue weighted by molar-refractivity contribution is 6.30. The fourth-order valence-corrected chi connectivity index (χ4v) is 2.62. The number of hydrogen-bond acceptors (Lipinski definition) is 4. The van der Waals surface area contributed by atoms with Crippen molar-refractivity contribution in [3.05, 3.63) is 59.1 Å². The van der Waals surface area contributed by atoms with Crippen molar-refractivity contribution in [1.82, 2.24) is 5.32 Å². The van der Waals surface area contributed by atoms with E-state index < -0.39 is 23.7 Å². The van der Waals surface area contributed by atoms with Crippen LogP contribution in [0.3, 0.4) is 0 Å². The van der Waals surface area contributed by atoms with Crippen LogP contribution >= 0.6 is 11.6 Å². The third kappa shape index (κ3) is 6.61. The quantitative estimate of drug-likeness (QED) is 0.758. The zero-order valence-electron chi connectivity index (χ0n) is 15.9. The molecule has 0 aliphatic carbocycles. The van der Waals surface area contributed by atoms with Crippen LogP contribution in [0.4, 0.5) is 4.79 Å². The molecule has 2 aromatic carbocycles. The zero-order valence-corrected chi connectivity index (χ0v) is 16.7. The summed E-state index contributed by atoms with van der Waals surface area (Å²) >= 11 is 5.92. The van der Waals surface area contributed by atoms with Gasteiger partial charge in [0.25, 0.3) is 0 Å². The number of hydrogen-bond donors (Lipinski definition) is 1. The maximum Gasteiger partial charge on any atom is 0.408 e. The van der Waals surface area contributed by atoms with Gasteiger partial charge in [-0.05, 0) is 49.6 Å². The molecule has 2 aromatic rings. The number of carbonyl (C=O) groups excluding carboxylic acids is 2. The number of nitrogens with one attached hydrogen (secondary N) is 1. The van der Waals surface area contributed by atoms with Crippen LogP contribution in [-0.2, 0) is 20.7 Å². The van der Waals surface area contributed by atoms with E-state index in [0.29, 0.717) is 11.4 Å². The topological polar surface area (TPSA) is 64.6 Å². The lowest BCUT2D eigenvalue weighted by Crippen LogP contribution is -2.45. The van der Waals surface area contributed by atoms with Crippen molar-refractivity contribution in [2.24, 2.45) is 0 Å². The molecule has 0 bridgehead atoms. The van der Waals surface area contributed by atoms with Crippen molar-refractivity contribution < 1.29 is 19.1 Å². The molecular formula is C21H24ClNO4. The van der Waals surface area contributed by atoms with Gasteiger partial charge < -0.3 is 14.8 Å². The van der Waals surface area contributed by atoms with E-state index in [2.05, 4.69) is 5.32 Å². The summed E-state index contributed by atoms with van der Waals surface area (Å²) in [5, 5.41) is 3.26. The number of ether oxygens (including phenoxy) is 2. The molecule has 0 spiro atoms. The Bertz CT molecular complexity index is 779. The first-order valence-electron chi connectivity index (χ1n) is 8.60. The number of alkyl carbamates (subject to hydrolysis) is 1. The molecule has 27 heavy (non-hydrogen) atoms. The highest BCUT2D eigenvalue weighted by atomic mass is 35.5.